The maximum Gasteiger partial charge on any atom is 0.184 e. The molecule has 2 heteroatoms. The summed E-state index contributed by atoms with van der Waals surface area (Å²) in [7, 11) is 0. The van der Waals surface area contributed by atoms with Crippen molar-refractivity contribution in [3.05, 3.63) is 35.4 Å². The second-order valence-corrected chi connectivity index (χ2v) is 3.28. The molecule has 0 aliphatic carbocycles. The van der Waals surface area contributed by atoms with E-state index >= 15 is 0 Å². The molecule has 0 amide bonds. The highest BCUT2D eigenvalue weighted by atomic mass is 16.7. The molecule has 0 aromatic heterocycles. The first-order valence-electron chi connectivity index (χ1n) is 4.66. The zero-order valence-corrected chi connectivity index (χ0v) is 7.82. The molecule has 0 atom stereocenters. The summed E-state index contributed by atoms with van der Waals surface area (Å²) in [5, 5.41) is 0. The van der Waals surface area contributed by atoms with Crippen LogP contribution in [0, 0.1) is 6.92 Å². The molecule has 1 fully saturated rings. The molecule has 0 saturated carbocycles. The molecule has 1 aliphatic heterocycles. The zero-order valence-electron chi connectivity index (χ0n) is 7.82. The molecule has 2 rings (SSSR count). The van der Waals surface area contributed by atoms with Crippen molar-refractivity contribution in [3.8, 4) is 0 Å². The summed E-state index contributed by atoms with van der Waals surface area (Å²) < 4.78 is 11.0. The highest BCUT2D eigenvalue weighted by Gasteiger charge is 2.17. The molecule has 0 radical (unpaired) electrons. The van der Waals surface area contributed by atoms with E-state index in [1.54, 1.807) is 0 Å². The fraction of sp³-hybridized carbons (Fsp3) is 0.455. The van der Waals surface area contributed by atoms with Crippen molar-refractivity contribution in [2.45, 2.75) is 19.6 Å². The van der Waals surface area contributed by atoms with Gasteiger partial charge in [0.1, 0.15) is 0 Å². The molecule has 1 aromatic carbocycles. The SMILES string of the molecule is Cc1ccccc1C1OCCCO1. The van der Waals surface area contributed by atoms with Gasteiger partial charge in [0.25, 0.3) is 0 Å². The van der Waals surface area contributed by atoms with Crippen molar-refractivity contribution in [2.24, 2.45) is 0 Å². The Kier molecular flexibility index (Phi) is 2.62. The lowest BCUT2D eigenvalue weighted by Gasteiger charge is -2.24. The van der Waals surface area contributed by atoms with Gasteiger partial charge in [-0.3, -0.25) is 0 Å². The van der Waals surface area contributed by atoms with Crippen LogP contribution in [0.3, 0.4) is 0 Å². The molecule has 1 saturated heterocycles. The van der Waals surface area contributed by atoms with Crippen LogP contribution in [0.5, 0.6) is 0 Å². The van der Waals surface area contributed by atoms with Crippen LogP contribution >= 0.6 is 0 Å². The van der Waals surface area contributed by atoms with Crippen LogP contribution in [0.15, 0.2) is 24.3 Å². The largest absolute Gasteiger partial charge is 0.348 e. The summed E-state index contributed by atoms with van der Waals surface area (Å²) in [4.78, 5) is 0. The summed E-state index contributed by atoms with van der Waals surface area (Å²) in [6, 6.07) is 8.19. The van der Waals surface area contributed by atoms with Gasteiger partial charge >= 0.3 is 0 Å². The van der Waals surface area contributed by atoms with E-state index in [0.717, 1.165) is 25.2 Å². The average molecular weight is 178 g/mol. The molecule has 0 N–H and O–H groups in total. The van der Waals surface area contributed by atoms with E-state index in [1.807, 2.05) is 12.1 Å². The monoisotopic (exact) mass is 178 g/mol. The first kappa shape index (κ1) is 8.73. The van der Waals surface area contributed by atoms with Gasteiger partial charge in [-0.25, -0.2) is 0 Å². The van der Waals surface area contributed by atoms with Gasteiger partial charge < -0.3 is 9.47 Å². The van der Waals surface area contributed by atoms with Crippen molar-refractivity contribution in [3.63, 3.8) is 0 Å². The summed E-state index contributed by atoms with van der Waals surface area (Å²) >= 11 is 0. The van der Waals surface area contributed by atoms with Gasteiger partial charge in [-0.15, -0.1) is 0 Å². The first-order chi connectivity index (χ1) is 6.38. The fourth-order valence-electron chi connectivity index (χ4n) is 1.52. The van der Waals surface area contributed by atoms with E-state index in [0.29, 0.717) is 0 Å². The lowest BCUT2D eigenvalue weighted by molar-refractivity contribution is -0.183. The normalized spacial score (nSPS) is 18.8. The number of aryl methyl sites for hydroxylation is 1. The minimum atomic E-state index is -0.144. The Hall–Kier alpha value is -0.860. The summed E-state index contributed by atoms with van der Waals surface area (Å²) in [5.74, 6) is 0. The van der Waals surface area contributed by atoms with Crippen molar-refractivity contribution in [2.75, 3.05) is 13.2 Å². The predicted molar refractivity (Wildman–Crippen MR) is 50.4 cm³/mol. The van der Waals surface area contributed by atoms with Crippen LogP contribution in [-0.4, -0.2) is 13.2 Å². The van der Waals surface area contributed by atoms with E-state index in [-0.39, 0.29) is 6.29 Å². The van der Waals surface area contributed by atoms with Crippen molar-refractivity contribution in [1.29, 1.82) is 0 Å². The second-order valence-electron chi connectivity index (χ2n) is 3.28. The molecule has 1 aromatic rings. The molecule has 1 aliphatic rings. The molecular formula is C11H14O2. The number of rotatable bonds is 1. The van der Waals surface area contributed by atoms with Gasteiger partial charge in [0.05, 0.1) is 13.2 Å². The predicted octanol–water partition coefficient (Wildman–Crippen LogP) is 2.43. The Morgan fingerprint density at radius 2 is 1.85 bits per heavy atom. The molecule has 0 spiro atoms. The Morgan fingerprint density at radius 1 is 1.15 bits per heavy atom. The van der Waals surface area contributed by atoms with E-state index in [9.17, 15) is 0 Å². The van der Waals surface area contributed by atoms with Crippen molar-refractivity contribution >= 4 is 0 Å². The van der Waals surface area contributed by atoms with Crippen LogP contribution in [0.25, 0.3) is 0 Å². The Balaban J connectivity index is 2.18. The Labute approximate surface area is 78.5 Å². The van der Waals surface area contributed by atoms with Gasteiger partial charge in [-0.2, -0.15) is 0 Å². The third-order valence-electron chi connectivity index (χ3n) is 2.27. The van der Waals surface area contributed by atoms with Gasteiger partial charge in [-0.1, -0.05) is 24.3 Å². The van der Waals surface area contributed by atoms with Gasteiger partial charge in [-0.05, 0) is 18.9 Å². The lowest BCUT2D eigenvalue weighted by atomic mass is 10.1. The van der Waals surface area contributed by atoms with Crippen LogP contribution in [0.4, 0.5) is 0 Å². The van der Waals surface area contributed by atoms with Gasteiger partial charge in [0, 0.05) is 5.56 Å². The summed E-state index contributed by atoms with van der Waals surface area (Å²) in [6.07, 6.45) is 0.859. The molecular weight excluding hydrogens is 164 g/mol. The van der Waals surface area contributed by atoms with E-state index in [2.05, 4.69) is 19.1 Å². The number of ether oxygens (including phenoxy) is 2. The Morgan fingerprint density at radius 3 is 2.54 bits per heavy atom. The number of hydrogen-bond acceptors (Lipinski definition) is 2. The van der Waals surface area contributed by atoms with Crippen LogP contribution < -0.4 is 0 Å². The zero-order chi connectivity index (χ0) is 9.10. The van der Waals surface area contributed by atoms with Crippen molar-refractivity contribution in [1.82, 2.24) is 0 Å². The second kappa shape index (κ2) is 3.90. The smallest absolute Gasteiger partial charge is 0.184 e. The topological polar surface area (TPSA) is 18.5 Å². The molecule has 70 valence electrons. The molecule has 1 heterocycles. The quantitative estimate of drug-likeness (QED) is 0.657. The van der Waals surface area contributed by atoms with Crippen molar-refractivity contribution < 1.29 is 9.47 Å². The third kappa shape index (κ3) is 1.90. The molecule has 2 nitrogen and oxygen atoms in total. The summed E-state index contributed by atoms with van der Waals surface area (Å²) in [6.45, 7) is 3.69. The van der Waals surface area contributed by atoms with Gasteiger partial charge in [0.15, 0.2) is 6.29 Å². The highest BCUT2D eigenvalue weighted by molar-refractivity contribution is 5.26. The summed E-state index contributed by atoms with van der Waals surface area (Å²) in [5.41, 5.74) is 2.39. The number of hydrogen-bond donors (Lipinski definition) is 0. The first-order valence-corrected chi connectivity index (χ1v) is 4.66. The lowest BCUT2D eigenvalue weighted by Crippen LogP contribution is -2.18. The maximum absolute atomic E-state index is 5.52. The molecule has 13 heavy (non-hydrogen) atoms. The van der Waals surface area contributed by atoms with E-state index in [1.165, 1.54) is 5.56 Å². The average Bonchev–Trinajstić information content (AvgIpc) is 2.20. The van der Waals surface area contributed by atoms with E-state index < -0.39 is 0 Å². The Bertz CT molecular complexity index is 277. The van der Waals surface area contributed by atoms with Crippen LogP contribution in [0.2, 0.25) is 0 Å². The molecule has 0 bridgehead atoms. The van der Waals surface area contributed by atoms with Crippen LogP contribution in [0.1, 0.15) is 23.8 Å². The number of benzene rings is 1. The highest BCUT2D eigenvalue weighted by Crippen LogP contribution is 2.24. The van der Waals surface area contributed by atoms with Gasteiger partial charge in [0.2, 0.25) is 0 Å². The minimum Gasteiger partial charge on any atom is -0.348 e. The fourth-order valence-corrected chi connectivity index (χ4v) is 1.52. The maximum atomic E-state index is 5.52. The minimum absolute atomic E-state index is 0.144. The third-order valence-corrected chi connectivity index (χ3v) is 2.27. The molecule has 0 unspecified atom stereocenters. The van der Waals surface area contributed by atoms with E-state index in [4.69, 9.17) is 9.47 Å². The van der Waals surface area contributed by atoms with Crippen LogP contribution in [-0.2, 0) is 9.47 Å². The standard InChI is InChI=1S/C11H14O2/c1-9-5-2-3-6-10(9)11-12-7-4-8-13-11/h2-3,5-6,11H,4,7-8H2,1H3.